The summed E-state index contributed by atoms with van der Waals surface area (Å²) < 4.78 is 5.51. The van der Waals surface area contributed by atoms with Crippen LogP contribution in [0.15, 0.2) is 16.5 Å². The minimum atomic E-state index is 0.485. The van der Waals surface area contributed by atoms with Gasteiger partial charge in [-0.1, -0.05) is 6.92 Å². The van der Waals surface area contributed by atoms with Gasteiger partial charge in [-0.25, -0.2) is 0 Å². The summed E-state index contributed by atoms with van der Waals surface area (Å²) in [5.41, 5.74) is 6.08. The standard InChI is InChI=1S/C12H20N2O/c1-2-12(5-6-12)9-14-8-11-4-3-10(7-13)15-11/h3-4,14H,2,5-9,13H2,1H3. The first-order valence-electron chi connectivity index (χ1n) is 5.76. The molecule has 0 spiro atoms. The lowest BCUT2D eigenvalue weighted by Gasteiger charge is -2.12. The maximum atomic E-state index is 5.51. The predicted molar refractivity (Wildman–Crippen MR) is 60.3 cm³/mol. The maximum Gasteiger partial charge on any atom is 0.118 e. The van der Waals surface area contributed by atoms with E-state index in [1.165, 1.54) is 19.3 Å². The highest BCUT2D eigenvalue weighted by Crippen LogP contribution is 2.47. The van der Waals surface area contributed by atoms with Gasteiger partial charge < -0.3 is 15.5 Å². The van der Waals surface area contributed by atoms with Gasteiger partial charge in [-0.2, -0.15) is 0 Å². The van der Waals surface area contributed by atoms with E-state index in [0.717, 1.165) is 24.6 Å². The Morgan fingerprint density at radius 3 is 2.67 bits per heavy atom. The molecule has 0 amide bonds. The van der Waals surface area contributed by atoms with E-state index in [1.54, 1.807) is 0 Å². The Labute approximate surface area is 91.0 Å². The molecule has 2 rings (SSSR count). The van der Waals surface area contributed by atoms with Gasteiger partial charge in [-0.15, -0.1) is 0 Å². The normalized spacial score (nSPS) is 18.0. The van der Waals surface area contributed by atoms with E-state index < -0.39 is 0 Å². The van der Waals surface area contributed by atoms with E-state index in [4.69, 9.17) is 10.2 Å². The lowest BCUT2D eigenvalue weighted by atomic mass is 10.0. The Bertz CT molecular complexity index is 315. The molecule has 0 bridgehead atoms. The summed E-state index contributed by atoms with van der Waals surface area (Å²) in [4.78, 5) is 0. The zero-order valence-corrected chi connectivity index (χ0v) is 9.38. The Morgan fingerprint density at radius 2 is 2.13 bits per heavy atom. The second-order valence-electron chi connectivity index (χ2n) is 4.53. The number of hydrogen-bond donors (Lipinski definition) is 2. The topological polar surface area (TPSA) is 51.2 Å². The quantitative estimate of drug-likeness (QED) is 0.752. The molecule has 1 aromatic rings. The molecule has 3 N–H and O–H groups in total. The van der Waals surface area contributed by atoms with Crippen molar-refractivity contribution in [3.8, 4) is 0 Å². The Hall–Kier alpha value is -0.800. The van der Waals surface area contributed by atoms with Gasteiger partial charge in [0.1, 0.15) is 11.5 Å². The molecule has 15 heavy (non-hydrogen) atoms. The molecular formula is C12H20N2O. The second-order valence-corrected chi connectivity index (χ2v) is 4.53. The predicted octanol–water partition coefficient (Wildman–Crippen LogP) is 2.02. The number of nitrogens with two attached hydrogens (primary N) is 1. The van der Waals surface area contributed by atoms with Gasteiger partial charge in [0.05, 0.1) is 13.1 Å². The summed E-state index contributed by atoms with van der Waals surface area (Å²) in [6.45, 7) is 4.69. The Kier molecular flexibility index (Phi) is 3.12. The molecule has 3 heteroatoms. The van der Waals surface area contributed by atoms with Gasteiger partial charge in [0, 0.05) is 6.54 Å². The SMILES string of the molecule is CCC1(CNCc2ccc(CN)o2)CC1. The van der Waals surface area contributed by atoms with E-state index in [9.17, 15) is 0 Å². The van der Waals surface area contributed by atoms with Gasteiger partial charge >= 0.3 is 0 Å². The molecule has 0 aromatic carbocycles. The largest absolute Gasteiger partial charge is 0.463 e. The summed E-state index contributed by atoms with van der Waals surface area (Å²) in [5, 5.41) is 3.46. The summed E-state index contributed by atoms with van der Waals surface area (Å²) in [6, 6.07) is 3.95. The maximum absolute atomic E-state index is 5.51. The zero-order chi connectivity index (χ0) is 10.7. The fourth-order valence-electron chi connectivity index (χ4n) is 1.91. The van der Waals surface area contributed by atoms with Gasteiger partial charge in [0.25, 0.3) is 0 Å². The van der Waals surface area contributed by atoms with Crippen LogP contribution in [0.4, 0.5) is 0 Å². The van der Waals surface area contributed by atoms with Crippen molar-refractivity contribution in [2.45, 2.75) is 39.3 Å². The third-order valence-electron chi connectivity index (χ3n) is 3.42. The minimum Gasteiger partial charge on any atom is -0.463 e. The van der Waals surface area contributed by atoms with Crippen molar-refractivity contribution in [3.05, 3.63) is 23.7 Å². The van der Waals surface area contributed by atoms with Crippen LogP contribution in [0.2, 0.25) is 0 Å². The van der Waals surface area contributed by atoms with E-state index >= 15 is 0 Å². The van der Waals surface area contributed by atoms with Crippen LogP contribution >= 0.6 is 0 Å². The van der Waals surface area contributed by atoms with Crippen molar-refractivity contribution in [1.29, 1.82) is 0 Å². The third-order valence-corrected chi connectivity index (χ3v) is 3.42. The van der Waals surface area contributed by atoms with Crippen LogP contribution in [-0.4, -0.2) is 6.54 Å². The smallest absolute Gasteiger partial charge is 0.118 e. The van der Waals surface area contributed by atoms with Crippen LogP contribution in [0.25, 0.3) is 0 Å². The first-order chi connectivity index (χ1) is 7.28. The Balaban J connectivity index is 1.73. The third kappa shape index (κ3) is 2.61. The summed E-state index contributed by atoms with van der Waals surface area (Å²) in [6.07, 6.45) is 4.04. The van der Waals surface area contributed by atoms with Crippen LogP contribution in [0.1, 0.15) is 37.7 Å². The lowest BCUT2D eigenvalue weighted by molar-refractivity contribution is 0.406. The summed E-state index contributed by atoms with van der Waals surface area (Å²) >= 11 is 0. The molecule has 1 aliphatic carbocycles. The highest BCUT2D eigenvalue weighted by Gasteiger charge is 2.39. The molecule has 1 aromatic heterocycles. The lowest BCUT2D eigenvalue weighted by Crippen LogP contribution is -2.22. The fourth-order valence-corrected chi connectivity index (χ4v) is 1.91. The van der Waals surface area contributed by atoms with Gasteiger partial charge in [-0.3, -0.25) is 0 Å². The number of hydrogen-bond acceptors (Lipinski definition) is 3. The first-order valence-corrected chi connectivity index (χ1v) is 5.76. The monoisotopic (exact) mass is 208 g/mol. The molecular weight excluding hydrogens is 188 g/mol. The van der Waals surface area contributed by atoms with Crippen LogP contribution in [-0.2, 0) is 13.1 Å². The highest BCUT2D eigenvalue weighted by atomic mass is 16.3. The van der Waals surface area contributed by atoms with Crippen LogP contribution in [0.3, 0.4) is 0 Å². The van der Waals surface area contributed by atoms with Crippen molar-refractivity contribution >= 4 is 0 Å². The van der Waals surface area contributed by atoms with Crippen molar-refractivity contribution in [1.82, 2.24) is 5.32 Å². The summed E-state index contributed by atoms with van der Waals surface area (Å²) in [7, 11) is 0. The molecule has 3 nitrogen and oxygen atoms in total. The molecule has 0 unspecified atom stereocenters. The number of furan rings is 1. The first kappa shape index (κ1) is 10.7. The van der Waals surface area contributed by atoms with Crippen molar-refractivity contribution < 1.29 is 4.42 Å². The molecule has 84 valence electrons. The van der Waals surface area contributed by atoms with E-state index in [2.05, 4.69) is 12.2 Å². The van der Waals surface area contributed by atoms with Gasteiger partial charge in [0.15, 0.2) is 0 Å². The van der Waals surface area contributed by atoms with E-state index in [0.29, 0.717) is 12.0 Å². The molecule has 1 saturated carbocycles. The molecule has 1 heterocycles. The average Bonchev–Trinajstić information content (AvgIpc) is 2.89. The van der Waals surface area contributed by atoms with E-state index in [-0.39, 0.29) is 0 Å². The van der Waals surface area contributed by atoms with Crippen molar-refractivity contribution in [3.63, 3.8) is 0 Å². The summed E-state index contributed by atoms with van der Waals surface area (Å²) in [5.74, 6) is 1.85. The molecule has 0 aliphatic heterocycles. The zero-order valence-electron chi connectivity index (χ0n) is 9.38. The van der Waals surface area contributed by atoms with Crippen LogP contribution in [0.5, 0.6) is 0 Å². The molecule has 0 atom stereocenters. The second kappa shape index (κ2) is 4.37. The Morgan fingerprint density at radius 1 is 1.40 bits per heavy atom. The minimum absolute atomic E-state index is 0.485. The van der Waals surface area contributed by atoms with Gasteiger partial charge in [-0.05, 0) is 36.8 Å². The molecule has 0 saturated heterocycles. The van der Waals surface area contributed by atoms with Crippen LogP contribution < -0.4 is 11.1 Å². The average molecular weight is 208 g/mol. The highest BCUT2D eigenvalue weighted by molar-refractivity contribution is 5.06. The van der Waals surface area contributed by atoms with Crippen molar-refractivity contribution in [2.24, 2.45) is 11.1 Å². The molecule has 1 aliphatic rings. The molecule has 1 fully saturated rings. The van der Waals surface area contributed by atoms with Gasteiger partial charge in [0.2, 0.25) is 0 Å². The molecule has 0 radical (unpaired) electrons. The van der Waals surface area contributed by atoms with Crippen molar-refractivity contribution in [2.75, 3.05) is 6.54 Å². The van der Waals surface area contributed by atoms with Crippen LogP contribution in [0, 0.1) is 5.41 Å². The number of rotatable bonds is 6. The van der Waals surface area contributed by atoms with E-state index in [1.807, 2.05) is 12.1 Å². The number of nitrogens with one attached hydrogen (secondary N) is 1. The fraction of sp³-hybridized carbons (Fsp3) is 0.667.